The van der Waals surface area contributed by atoms with Crippen LogP contribution in [0.1, 0.15) is 37.1 Å². The number of aliphatic hydroxyl groups is 1. The van der Waals surface area contributed by atoms with Crippen molar-refractivity contribution in [3.05, 3.63) is 53.1 Å². The summed E-state index contributed by atoms with van der Waals surface area (Å²) in [7, 11) is 4.12. The second-order valence-electron chi connectivity index (χ2n) is 9.17. The van der Waals surface area contributed by atoms with E-state index in [0.717, 1.165) is 64.4 Å². The molecule has 2 N–H and O–H groups in total. The molecule has 0 unspecified atom stereocenters. The number of nitrogens with one attached hydrogen (secondary N) is 1. The quantitative estimate of drug-likeness (QED) is 0.423. The van der Waals surface area contributed by atoms with E-state index in [2.05, 4.69) is 31.8 Å². The highest BCUT2D eigenvalue weighted by molar-refractivity contribution is 6.36. The standard InChI is InChI=1S/C25H30ClN7O/c1-15-22(32(4)18-6-8-19(34)9-7-18)14-33(30-15)23-11-12-27-25(29-23)28-17-5-10-21-20(13-17)24(26)16(2)31(21)3/h5,10-14,18-19,34H,6-9H2,1-4H3,(H,27,28,29)/t18-,19-. The lowest BCUT2D eigenvalue weighted by Gasteiger charge is -2.34. The van der Waals surface area contributed by atoms with Gasteiger partial charge in [0.1, 0.15) is 0 Å². The van der Waals surface area contributed by atoms with Crippen molar-refractivity contribution in [1.82, 2.24) is 24.3 Å². The molecule has 1 saturated carbocycles. The van der Waals surface area contributed by atoms with Gasteiger partial charge in [-0.3, -0.25) is 0 Å². The molecule has 3 heterocycles. The lowest BCUT2D eigenvalue weighted by molar-refractivity contribution is 0.122. The SMILES string of the molecule is Cc1nn(-c2ccnc(Nc3ccc4c(c3)c(Cl)c(C)n4C)n2)cc1N(C)[C@H]1CC[C@H](O)CC1. The number of rotatable bonds is 5. The largest absolute Gasteiger partial charge is 0.393 e. The fraction of sp³-hybridized carbons (Fsp3) is 0.400. The van der Waals surface area contributed by atoms with Crippen molar-refractivity contribution in [2.45, 2.75) is 51.7 Å². The van der Waals surface area contributed by atoms with Crippen LogP contribution >= 0.6 is 11.6 Å². The van der Waals surface area contributed by atoms with E-state index in [1.54, 1.807) is 10.9 Å². The molecular weight excluding hydrogens is 450 g/mol. The predicted molar refractivity (Wildman–Crippen MR) is 137 cm³/mol. The summed E-state index contributed by atoms with van der Waals surface area (Å²) in [5.41, 5.74) is 5.01. The number of hydrogen-bond donors (Lipinski definition) is 2. The van der Waals surface area contributed by atoms with Crippen LogP contribution in [0.5, 0.6) is 0 Å². The molecule has 3 aromatic heterocycles. The van der Waals surface area contributed by atoms with Crippen molar-refractivity contribution in [3.8, 4) is 5.82 Å². The topological polar surface area (TPSA) is 84.0 Å². The monoisotopic (exact) mass is 479 g/mol. The van der Waals surface area contributed by atoms with Gasteiger partial charge in [-0.05, 0) is 57.7 Å². The van der Waals surface area contributed by atoms with Crippen LogP contribution in [-0.2, 0) is 7.05 Å². The van der Waals surface area contributed by atoms with Gasteiger partial charge in [-0.1, -0.05) is 11.6 Å². The summed E-state index contributed by atoms with van der Waals surface area (Å²) in [6, 6.07) is 8.32. The van der Waals surface area contributed by atoms with Crippen molar-refractivity contribution in [2.24, 2.45) is 7.05 Å². The van der Waals surface area contributed by atoms with Gasteiger partial charge in [-0.25, -0.2) is 9.67 Å². The maximum Gasteiger partial charge on any atom is 0.229 e. The molecular formula is C25H30ClN7O. The Morgan fingerprint density at radius 1 is 1.15 bits per heavy atom. The number of nitrogens with zero attached hydrogens (tertiary/aromatic N) is 6. The van der Waals surface area contributed by atoms with Crippen molar-refractivity contribution < 1.29 is 5.11 Å². The van der Waals surface area contributed by atoms with Gasteiger partial charge in [-0.2, -0.15) is 10.1 Å². The third-order valence-corrected chi connectivity index (χ3v) is 7.49. The number of halogens is 1. The normalized spacial score (nSPS) is 18.4. The van der Waals surface area contributed by atoms with Crippen molar-refractivity contribution in [2.75, 3.05) is 17.3 Å². The van der Waals surface area contributed by atoms with E-state index in [1.165, 1.54) is 0 Å². The van der Waals surface area contributed by atoms with Gasteiger partial charge < -0.3 is 19.9 Å². The molecule has 0 saturated heterocycles. The van der Waals surface area contributed by atoms with E-state index in [9.17, 15) is 5.11 Å². The summed E-state index contributed by atoms with van der Waals surface area (Å²) in [5.74, 6) is 1.18. The Kier molecular flexibility index (Phi) is 5.95. The molecule has 0 radical (unpaired) electrons. The van der Waals surface area contributed by atoms with Gasteiger partial charge in [-0.15, -0.1) is 0 Å². The first kappa shape index (κ1) is 22.7. The molecule has 0 amide bonds. The maximum absolute atomic E-state index is 9.83. The zero-order valence-electron chi connectivity index (χ0n) is 20.0. The van der Waals surface area contributed by atoms with Gasteiger partial charge in [0.25, 0.3) is 0 Å². The molecule has 34 heavy (non-hydrogen) atoms. The molecule has 0 aliphatic heterocycles. The van der Waals surface area contributed by atoms with E-state index in [0.29, 0.717) is 17.8 Å². The molecule has 1 aliphatic rings. The summed E-state index contributed by atoms with van der Waals surface area (Å²) in [6.07, 6.45) is 7.25. The van der Waals surface area contributed by atoms with Crippen molar-refractivity contribution in [3.63, 3.8) is 0 Å². The molecule has 1 aromatic carbocycles. The van der Waals surface area contributed by atoms with E-state index in [-0.39, 0.29) is 6.10 Å². The first-order valence-corrected chi connectivity index (χ1v) is 12.0. The van der Waals surface area contributed by atoms with Gasteiger partial charge in [0.05, 0.1) is 28.7 Å². The Morgan fingerprint density at radius 3 is 2.68 bits per heavy atom. The second-order valence-corrected chi connectivity index (χ2v) is 9.55. The summed E-state index contributed by atoms with van der Waals surface area (Å²) in [4.78, 5) is 11.4. The fourth-order valence-electron chi connectivity index (χ4n) is 4.83. The van der Waals surface area contributed by atoms with Gasteiger partial charge in [0.2, 0.25) is 5.95 Å². The number of fused-ring (bicyclic) bond motifs is 1. The summed E-state index contributed by atoms with van der Waals surface area (Å²) in [6.45, 7) is 4.03. The van der Waals surface area contributed by atoms with Crippen molar-refractivity contribution in [1.29, 1.82) is 0 Å². The zero-order valence-corrected chi connectivity index (χ0v) is 20.7. The maximum atomic E-state index is 9.83. The van der Waals surface area contributed by atoms with Crippen LogP contribution in [0.2, 0.25) is 5.02 Å². The minimum atomic E-state index is -0.164. The van der Waals surface area contributed by atoms with Gasteiger partial charge in [0, 0.05) is 54.7 Å². The van der Waals surface area contributed by atoms with E-state index >= 15 is 0 Å². The van der Waals surface area contributed by atoms with Crippen LogP contribution in [0, 0.1) is 13.8 Å². The highest BCUT2D eigenvalue weighted by Crippen LogP contribution is 2.32. The molecule has 8 nitrogen and oxygen atoms in total. The lowest BCUT2D eigenvalue weighted by atomic mass is 9.92. The highest BCUT2D eigenvalue weighted by atomic mass is 35.5. The third-order valence-electron chi connectivity index (χ3n) is 7.01. The number of aryl methyl sites for hydroxylation is 2. The number of anilines is 3. The zero-order chi connectivity index (χ0) is 24.0. The third kappa shape index (κ3) is 4.12. The Hall–Kier alpha value is -3.10. The van der Waals surface area contributed by atoms with Crippen LogP contribution < -0.4 is 10.2 Å². The van der Waals surface area contributed by atoms with Crippen LogP contribution in [0.4, 0.5) is 17.3 Å². The Balaban J connectivity index is 1.38. The van der Waals surface area contributed by atoms with Crippen LogP contribution in [-0.4, -0.2) is 48.6 Å². The molecule has 0 spiro atoms. The first-order valence-electron chi connectivity index (χ1n) is 11.6. The van der Waals surface area contributed by atoms with Crippen LogP contribution in [0.15, 0.2) is 36.7 Å². The van der Waals surface area contributed by atoms with E-state index in [1.807, 2.05) is 51.4 Å². The predicted octanol–water partition coefficient (Wildman–Crippen LogP) is 4.91. The number of aliphatic hydroxyl groups excluding tert-OH is 1. The number of aromatic nitrogens is 5. The van der Waals surface area contributed by atoms with Gasteiger partial charge >= 0.3 is 0 Å². The van der Waals surface area contributed by atoms with Gasteiger partial charge in [0.15, 0.2) is 5.82 Å². The Morgan fingerprint density at radius 2 is 1.91 bits per heavy atom. The number of benzene rings is 1. The fourth-order valence-corrected chi connectivity index (χ4v) is 5.11. The van der Waals surface area contributed by atoms with Crippen molar-refractivity contribution >= 4 is 39.8 Å². The molecule has 1 aliphatic carbocycles. The average Bonchev–Trinajstić information content (AvgIpc) is 3.33. The van der Waals surface area contributed by atoms with E-state index < -0.39 is 0 Å². The molecule has 0 bridgehead atoms. The highest BCUT2D eigenvalue weighted by Gasteiger charge is 2.25. The summed E-state index contributed by atoms with van der Waals surface area (Å²) >= 11 is 6.53. The molecule has 4 aromatic rings. The minimum absolute atomic E-state index is 0.164. The summed E-state index contributed by atoms with van der Waals surface area (Å²) < 4.78 is 3.88. The summed E-state index contributed by atoms with van der Waals surface area (Å²) in [5, 5.41) is 19.6. The molecule has 1 fully saturated rings. The Labute approximate surface area is 204 Å². The molecule has 0 atom stereocenters. The Bertz CT molecular complexity index is 1340. The smallest absolute Gasteiger partial charge is 0.229 e. The average molecular weight is 480 g/mol. The lowest BCUT2D eigenvalue weighted by Crippen LogP contribution is -2.36. The number of hydrogen-bond acceptors (Lipinski definition) is 6. The van der Waals surface area contributed by atoms with Crippen LogP contribution in [0.3, 0.4) is 0 Å². The molecule has 178 valence electrons. The minimum Gasteiger partial charge on any atom is -0.393 e. The first-order chi connectivity index (χ1) is 16.3. The van der Waals surface area contributed by atoms with E-state index in [4.69, 9.17) is 16.7 Å². The molecule has 9 heteroatoms. The molecule has 5 rings (SSSR count). The van der Waals surface area contributed by atoms with Crippen LogP contribution in [0.25, 0.3) is 16.7 Å². The second kappa shape index (κ2) is 8.92.